The first-order valence-electron chi connectivity index (χ1n) is 6.40. The zero-order valence-corrected chi connectivity index (χ0v) is 11.2. The summed E-state index contributed by atoms with van der Waals surface area (Å²) in [4.78, 5) is 8.44. The van der Waals surface area contributed by atoms with Gasteiger partial charge < -0.3 is 9.84 Å². The molecule has 2 heterocycles. The summed E-state index contributed by atoms with van der Waals surface area (Å²) in [5.74, 6) is 1.19. The third-order valence-corrected chi connectivity index (χ3v) is 2.76. The molecule has 1 atom stereocenters. The molecule has 6 nitrogen and oxygen atoms in total. The highest BCUT2D eigenvalue weighted by Gasteiger charge is 2.15. The van der Waals surface area contributed by atoms with Crippen molar-refractivity contribution in [2.45, 2.75) is 32.9 Å². The molecule has 1 N–H and O–H groups in total. The van der Waals surface area contributed by atoms with E-state index in [-0.39, 0.29) is 0 Å². The van der Waals surface area contributed by atoms with Crippen LogP contribution in [-0.2, 0) is 6.54 Å². The first-order valence-corrected chi connectivity index (χ1v) is 6.40. The quantitative estimate of drug-likeness (QED) is 0.854. The van der Waals surface area contributed by atoms with Gasteiger partial charge in [-0.15, -0.1) is 0 Å². The number of aliphatic hydroxyl groups excluding tert-OH is 1. The molecule has 0 aliphatic rings. The molecule has 0 amide bonds. The van der Waals surface area contributed by atoms with Gasteiger partial charge in [-0.25, -0.2) is 14.6 Å². The molecule has 0 aliphatic carbocycles. The van der Waals surface area contributed by atoms with E-state index in [1.807, 2.05) is 26.0 Å². The van der Waals surface area contributed by atoms with Gasteiger partial charge in [-0.3, -0.25) is 0 Å². The molecule has 0 saturated heterocycles. The summed E-state index contributed by atoms with van der Waals surface area (Å²) in [6.07, 6.45) is 3.38. The highest BCUT2D eigenvalue weighted by Crippen LogP contribution is 2.25. The molecule has 1 unspecified atom stereocenters. The second-order valence-electron chi connectivity index (χ2n) is 4.12. The summed E-state index contributed by atoms with van der Waals surface area (Å²) in [7, 11) is 0. The van der Waals surface area contributed by atoms with Crippen LogP contribution in [0, 0.1) is 0 Å². The Morgan fingerprint density at radius 2 is 2.21 bits per heavy atom. The normalized spacial score (nSPS) is 12.4. The van der Waals surface area contributed by atoms with Crippen molar-refractivity contribution in [3.05, 3.63) is 24.7 Å². The summed E-state index contributed by atoms with van der Waals surface area (Å²) in [5, 5.41) is 13.9. The van der Waals surface area contributed by atoms with Crippen LogP contribution in [0.3, 0.4) is 0 Å². The summed E-state index contributed by atoms with van der Waals surface area (Å²) in [5.41, 5.74) is 0.783. The van der Waals surface area contributed by atoms with Crippen molar-refractivity contribution < 1.29 is 9.84 Å². The van der Waals surface area contributed by atoms with Gasteiger partial charge in [-0.1, -0.05) is 6.92 Å². The van der Waals surface area contributed by atoms with Crippen LogP contribution in [0.25, 0.3) is 11.4 Å². The molecule has 0 aromatic carbocycles. The third kappa shape index (κ3) is 3.08. The van der Waals surface area contributed by atoms with Gasteiger partial charge in [0.2, 0.25) is 5.88 Å². The molecule has 0 fully saturated rings. The van der Waals surface area contributed by atoms with Crippen LogP contribution in [0.2, 0.25) is 0 Å². The molecule has 2 rings (SSSR count). The average Bonchev–Trinajstić information content (AvgIpc) is 2.87. The van der Waals surface area contributed by atoms with Crippen LogP contribution in [-0.4, -0.2) is 37.6 Å². The van der Waals surface area contributed by atoms with E-state index in [1.54, 1.807) is 10.9 Å². The van der Waals surface area contributed by atoms with E-state index >= 15 is 0 Å². The smallest absolute Gasteiger partial charge is 0.224 e. The highest BCUT2D eigenvalue weighted by molar-refractivity contribution is 5.61. The van der Waals surface area contributed by atoms with E-state index in [4.69, 9.17) is 4.74 Å². The van der Waals surface area contributed by atoms with Gasteiger partial charge in [0.1, 0.15) is 6.33 Å². The Hall–Kier alpha value is -1.95. The summed E-state index contributed by atoms with van der Waals surface area (Å²) in [6, 6.07) is 3.71. The second kappa shape index (κ2) is 6.29. The molecule has 102 valence electrons. The van der Waals surface area contributed by atoms with Gasteiger partial charge in [-0.2, -0.15) is 5.10 Å². The zero-order chi connectivity index (χ0) is 13.7. The lowest BCUT2D eigenvalue weighted by Gasteiger charge is -2.12. The lowest BCUT2D eigenvalue weighted by molar-refractivity contribution is 0.145. The van der Waals surface area contributed by atoms with Crippen LogP contribution in [0.15, 0.2) is 24.7 Å². The Kier molecular flexibility index (Phi) is 4.46. The predicted octanol–water partition coefficient (Wildman–Crippen LogP) is 1.51. The Morgan fingerprint density at radius 1 is 1.37 bits per heavy atom. The number of aromatic nitrogens is 4. The van der Waals surface area contributed by atoms with E-state index in [1.165, 1.54) is 6.33 Å². The van der Waals surface area contributed by atoms with E-state index in [9.17, 15) is 5.11 Å². The van der Waals surface area contributed by atoms with Gasteiger partial charge >= 0.3 is 0 Å². The number of nitrogens with zero attached hydrogens (tertiary/aromatic N) is 4. The molecule has 0 radical (unpaired) electrons. The van der Waals surface area contributed by atoms with Crippen molar-refractivity contribution in [3.63, 3.8) is 0 Å². The molecule has 6 heteroatoms. The van der Waals surface area contributed by atoms with Crippen LogP contribution >= 0.6 is 0 Å². The zero-order valence-electron chi connectivity index (χ0n) is 11.2. The van der Waals surface area contributed by atoms with Crippen molar-refractivity contribution in [1.82, 2.24) is 19.7 Å². The largest absolute Gasteiger partial charge is 0.477 e. The SMILES string of the molecule is CCOc1ncccc1-c1ncnn1CC(O)CC. The lowest BCUT2D eigenvalue weighted by atomic mass is 10.2. The number of hydrogen-bond acceptors (Lipinski definition) is 5. The maximum absolute atomic E-state index is 9.74. The Labute approximate surface area is 112 Å². The van der Waals surface area contributed by atoms with Gasteiger partial charge in [0.05, 0.1) is 24.8 Å². The molecule has 0 aliphatic heterocycles. The van der Waals surface area contributed by atoms with E-state index < -0.39 is 6.10 Å². The Morgan fingerprint density at radius 3 is 2.95 bits per heavy atom. The third-order valence-electron chi connectivity index (χ3n) is 2.76. The summed E-state index contributed by atoms with van der Waals surface area (Å²) in [6.45, 7) is 4.78. The maximum Gasteiger partial charge on any atom is 0.224 e. The van der Waals surface area contributed by atoms with Crippen molar-refractivity contribution >= 4 is 0 Å². The lowest BCUT2D eigenvalue weighted by Crippen LogP contribution is -2.17. The fourth-order valence-electron chi connectivity index (χ4n) is 1.75. The maximum atomic E-state index is 9.74. The van der Waals surface area contributed by atoms with Crippen LogP contribution in [0.4, 0.5) is 0 Å². The number of pyridine rings is 1. The van der Waals surface area contributed by atoms with E-state index in [0.29, 0.717) is 31.3 Å². The molecule has 2 aromatic rings. The summed E-state index contributed by atoms with van der Waals surface area (Å²) < 4.78 is 7.17. The predicted molar refractivity (Wildman–Crippen MR) is 70.7 cm³/mol. The molecule has 2 aromatic heterocycles. The number of hydrogen-bond donors (Lipinski definition) is 1. The minimum Gasteiger partial charge on any atom is -0.477 e. The van der Waals surface area contributed by atoms with Crippen LogP contribution < -0.4 is 4.74 Å². The highest BCUT2D eigenvalue weighted by atomic mass is 16.5. The molecular weight excluding hydrogens is 244 g/mol. The van der Waals surface area contributed by atoms with Gasteiger partial charge in [0, 0.05) is 6.20 Å². The molecule has 19 heavy (non-hydrogen) atoms. The number of ether oxygens (including phenoxy) is 1. The monoisotopic (exact) mass is 262 g/mol. The number of aliphatic hydroxyl groups is 1. The Balaban J connectivity index is 2.34. The fraction of sp³-hybridized carbons (Fsp3) is 0.462. The minimum absolute atomic E-state index is 0.409. The van der Waals surface area contributed by atoms with Crippen molar-refractivity contribution in [3.8, 4) is 17.3 Å². The Bertz CT molecular complexity index is 527. The molecular formula is C13H18N4O2. The second-order valence-corrected chi connectivity index (χ2v) is 4.12. The number of rotatable bonds is 6. The average molecular weight is 262 g/mol. The molecule has 0 bridgehead atoms. The first kappa shape index (κ1) is 13.5. The van der Waals surface area contributed by atoms with E-state index in [0.717, 1.165) is 5.56 Å². The minimum atomic E-state index is -0.437. The van der Waals surface area contributed by atoms with Crippen LogP contribution in [0.1, 0.15) is 20.3 Å². The standard InChI is InChI=1S/C13H18N4O2/c1-3-10(18)8-17-12(15-9-16-17)11-6-5-7-14-13(11)19-4-2/h5-7,9-10,18H,3-4,8H2,1-2H3. The molecule has 0 spiro atoms. The topological polar surface area (TPSA) is 73.1 Å². The van der Waals surface area contributed by atoms with Crippen molar-refractivity contribution in [2.75, 3.05) is 6.61 Å². The first-order chi connectivity index (χ1) is 9.26. The van der Waals surface area contributed by atoms with Crippen LogP contribution in [0.5, 0.6) is 5.88 Å². The van der Waals surface area contributed by atoms with Crippen molar-refractivity contribution in [1.29, 1.82) is 0 Å². The fourth-order valence-corrected chi connectivity index (χ4v) is 1.75. The van der Waals surface area contributed by atoms with Gasteiger partial charge in [0.25, 0.3) is 0 Å². The summed E-state index contributed by atoms with van der Waals surface area (Å²) >= 11 is 0. The van der Waals surface area contributed by atoms with Gasteiger partial charge in [-0.05, 0) is 25.5 Å². The van der Waals surface area contributed by atoms with Gasteiger partial charge in [0.15, 0.2) is 5.82 Å². The van der Waals surface area contributed by atoms with E-state index in [2.05, 4.69) is 15.1 Å². The molecule has 0 saturated carbocycles. The van der Waals surface area contributed by atoms with Crippen molar-refractivity contribution in [2.24, 2.45) is 0 Å².